The molecule has 39 heavy (non-hydrogen) atoms. The summed E-state index contributed by atoms with van der Waals surface area (Å²) in [5, 5.41) is 3.17. The molecule has 0 saturated heterocycles. The lowest BCUT2D eigenvalue weighted by Gasteiger charge is -2.33. The van der Waals surface area contributed by atoms with E-state index in [4.69, 9.17) is 20.9 Å². The topological polar surface area (TPSA) is 150 Å². The second kappa shape index (κ2) is 12.6. The van der Waals surface area contributed by atoms with Crippen LogP contribution in [0.2, 0.25) is 0 Å². The molecule has 1 atom stereocenters. The van der Waals surface area contributed by atoms with Crippen molar-refractivity contribution in [1.29, 1.82) is 0 Å². The summed E-state index contributed by atoms with van der Waals surface area (Å²) in [5.74, 6) is -0.624. The van der Waals surface area contributed by atoms with E-state index >= 15 is 0 Å². The van der Waals surface area contributed by atoms with Crippen molar-refractivity contribution in [3.8, 4) is 11.5 Å². The number of amides is 3. The molecule has 0 radical (unpaired) electrons. The summed E-state index contributed by atoms with van der Waals surface area (Å²) in [7, 11) is 1.52. The maximum atomic E-state index is 14.2. The van der Waals surface area contributed by atoms with Gasteiger partial charge in [0.15, 0.2) is 5.69 Å². The lowest BCUT2D eigenvalue weighted by atomic mass is 9.94. The van der Waals surface area contributed by atoms with Gasteiger partial charge in [-0.05, 0) is 61.1 Å². The number of hydrogen-bond donors (Lipinski definition) is 3. The highest BCUT2D eigenvalue weighted by Crippen LogP contribution is 2.35. The minimum atomic E-state index is -1.07. The van der Waals surface area contributed by atoms with Crippen LogP contribution in [0.3, 0.4) is 0 Å². The fourth-order valence-electron chi connectivity index (χ4n) is 4.74. The molecule has 0 spiro atoms. The van der Waals surface area contributed by atoms with Crippen molar-refractivity contribution in [2.75, 3.05) is 24.4 Å². The first-order valence-electron chi connectivity index (χ1n) is 12.9. The predicted molar refractivity (Wildman–Crippen MR) is 150 cm³/mol. The molecular weight excluding hydrogens is 518 g/mol. The van der Waals surface area contributed by atoms with Crippen LogP contribution in [0.15, 0.2) is 48.5 Å². The molecule has 206 valence electrons. The van der Waals surface area contributed by atoms with E-state index in [-0.39, 0.29) is 28.2 Å². The summed E-state index contributed by atoms with van der Waals surface area (Å²) in [6.45, 7) is 2.38. The maximum absolute atomic E-state index is 14.2. The number of anilines is 2. The Labute approximate surface area is 231 Å². The van der Waals surface area contributed by atoms with Crippen LogP contribution >= 0.6 is 11.5 Å². The van der Waals surface area contributed by atoms with Crippen LogP contribution in [-0.2, 0) is 4.79 Å². The molecule has 0 bridgehead atoms. The number of methoxy groups -OCH3 is 1. The Morgan fingerprint density at radius 1 is 1.10 bits per heavy atom. The SMILES string of the molecule is CCOc1ccc([C@H](C(=O)NC2CCCCC2)N(C(=O)c2snc(C(N)=O)c2N)c2cccc(OC)c2)cc1. The minimum absolute atomic E-state index is 0.00743. The molecule has 3 aromatic rings. The molecule has 5 N–H and O–H groups in total. The van der Waals surface area contributed by atoms with E-state index in [1.54, 1.807) is 48.5 Å². The molecule has 0 unspecified atom stereocenters. The Bertz CT molecular complexity index is 1320. The first kappa shape index (κ1) is 27.9. The van der Waals surface area contributed by atoms with Crippen LogP contribution in [0.4, 0.5) is 11.4 Å². The third-order valence-corrected chi connectivity index (χ3v) is 7.52. The lowest BCUT2D eigenvalue weighted by molar-refractivity contribution is -0.123. The van der Waals surface area contributed by atoms with Gasteiger partial charge < -0.3 is 26.3 Å². The summed E-state index contributed by atoms with van der Waals surface area (Å²) in [5.41, 5.74) is 12.2. The fraction of sp³-hybridized carbons (Fsp3) is 0.357. The number of primary amides is 1. The lowest BCUT2D eigenvalue weighted by Crippen LogP contribution is -2.47. The number of nitrogens with two attached hydrogens (primary N) is 2. The zero-order valence-corrected chi connectivity index (χ0v) is 22.8. The van der Waals surface area contributed by atoms with Crippen LogP contribution in [0.25, 0.3) is 0 Å². The molecule has 1 saturated carbocycles. The van der Waals surface area contributed by atoms with E-state index in [1.165, 1.54) is 12.0 Å². The Morgan fingerprint density at radius 3 is 2.44 bits per heavy atom. The van der Waals surface area contributed by atoms with Crippen molar-refractivity contribution in [2.45, 2.75) is 51.1 Å². The number of ether oxygens (including phenoxy) is 2. The molecule has 11 heteroatoms. The normalized spacial score (nSPS) is 14.3. The summed E-state index contributed by atoms with van der Waals surface area (Å²) in [6, 6.07) is 12.8. The Kier molecular flexibility index (Phi) is 9.03. The molecule has 3 amide bonds. The van der Waals surface area contributed by atoms with Gasteiger partial charge in [0.1, 0.15) is 22.4 Å². The number of nitrogens with zero attached hydrogens (tertiary/aromatic N) is 2. The van der Waals surface area contributed by atoms with E-state index in [9.17, 15) is 14.4 Å². The van der Waals surface area contributed by atoms with Crippen LogP contribution in [0.5, 0.6) is 11.5 Å². The Morgan fingerprint density at radius 2 is 1.82 bits per heavy atom. The Balaban J connectivity index is 1.85. The van der Waals surface area contributed by atoms with Crippen LogP contribution in [0, 0.1) is 0 Å². The third-order valence-electron chi connectivity index (χ3n) is 6.67. The summed E-state index contributed by atoms with van der Waals surface area (Å²) >= 11 is 0.765. The van der Waals surface area contributed by atoms with Crippen molar-refractivity contribution in [3.05, 3.63) is 64.7 Å². The van der Waals surface area contributed by atoms with Crippen molar-refractivity contribution < 1.29 is 23.9 Å². The number of nitrogens with one attached hydrogen (secondary N) is 1. The van der Waals surface area contributed by atoms with Gasteiger partial charge in [-0.3, -0.25) is 19.3 Å². The molecule has 0 aliphatic heterocycles. The van der Waals surface area contributed by atoms with E-state index in [1.807, 2.05) is 6.92 Å². The molecule has 1 fully saturated rings. The molecule has 2 aromatic carbocycles. The highest BCUT2D eigenvalue weighted by atomic mass is 32.1. The standard InChI is InChI=1S/C28H33N5O5S/c1-3-38-20-14-12-17(13-15-20)24(27(35)31-18-8-5-4-6-9-18)33(19-10-7-11-21(16-19)37-2)28(36)25-22(29)23(26(30)34)32-39-25/h7,10-16,18,24H,3-6,8-9,29H2,1-2H3,(H2,30,34)(H,31,35)/t24-/m1/s1. The monoisotopic (exact) mass is 551 g/mol. The van der Waals surface area contributed by atoms with Gasteiger partial charge in [-0.25, -0.2) is 0 Å². The molecule has 1 aliphatic carbocycles. The zero-order valence-electron chi connectivity index (χ0n) is 22.0. The largest absolute Gasteiger partial charge is 0.497 e. The quantitative estimate of drug-likeness (QED) is 0.344. The van der Waals surface area contributed by atoms with E-state index in [2.05, 4.69) is 9.69 Å². The zero-order chi connectivity index (χ0) is 27.9. The van der Waals surface area contributed by atoms with Gasteiger partial charge in [0.05, 0.1) is 19.4 Å². The van der Waals surface area contributed by atoms with Crippen LogP contribution in [0.1, 0.15) is 70.8 Å². The van der Waals surface area contributed by atoms with Crippen LogP contribution in [-0.4, -0.2) is 41.9 Å². The van der Waals surface area contributed by atoms with E-state index in [0.717, 1.165) is 43.6 Å². The average Bonchev–Trinajstić information content (AvgIpc) is 3.34. The number of carbonyl (C=O) groups excluding carboxylic acids is 3. The minimum Gasteiger partial charge on any atom is -0.497 e. The van der Waals surface area contributed by atoms with Crippen molar-refractivity contribution >= 4 is 40.6 Å². The average molecular weight is 552 g/mol. The van der Waals surface area contributed by atoms with Crippen LogP contribution < -0.4 is 31.2 Å². The van der Waals surface area contributed by atoms with Gasteiger partial charge in [-0.2, -0.15) is 4.37 Å². The van der Waals surface area contributed by atoms with Crippen molar-refractivity contribution in [1.82, 2.24) is 9.69 Å². The maximum Gasteiger partial charge on any atom is 0.273 e. The molecule has 10 nitrogen and oxygen atoms in total. The summed E-state index contributed by atoms with van der Waals surface area (Å²) < 4.78 is 15.0. The molecule has 1 heterocycles. The summed E-state index contributed by atoms with van der Waals surface area (Å²) in [4.78, 5) is 41.4. The van der Waals surface area contributed by atoms with Crippen molar-refractivity contribution in [2.24, 2.45) is 5.73 Å². The molecular formula is C28H33N5O5S. The van der Waals surface area contributed by atoms with Gasteiger partial charge in [-0.1, -0.05) is 37.5 Å². The first-order valence-corrected chi connectivity index (χ1v) is 13.7. The predicted octanol–water partition coefficient (Wildman–Crippen LogP) is 4.07. The number of rotatable bonds is 10. The number of hydrogen-bond acceptors (Lipinski definition) is 8. The second-order valence-electron chi connectivity index (χ2n) is 9.26. The second-order valence-corrected chi connectivity index (χ2v) is 10.0. The van der Waals surface area contributed by atoms with E-state index < -0.39 is 17.9 Å². The fourth-order valence-corrected chi connectivity index (χ4v) is 5.48. The summed E-state index contributed by atoms with van der Waals surface area (Å²) in [6.07, 6.45) is 4.95. The van der Waals surface area contributed by atoms with Gasteiger partial charge in [0.2, 0.25) is 5.91 Å². The first-order chi connectivity index (χ1) is 18.8. The van der Waals surface area contributed by atoms with E-state index in [0.29, 0.717) is 29.4 Å². The van der Waals surface area contributed by atoms with Gasteiger partial charge >= 0.3 is 0 Å². The van der Waals surface area contributed by atoms with Gasteiger partial charge in [0.25, 0.3) is 11.8 Å². The number of carbonyl (C=O) groups is 3. The molecule has 4 rings (SSSR count). The van der Waals surface area contributed by atoms with Crippen molar-refractivity contribution in [3.63, 3.8) is 0 Å². The third kappa shape index (κ3) is 6.31. The number of nitrogen functional groups attached to an aromatic ring is 1. The smallest absolute Gasteiger partial charge is 0.273 e. The Hall–Kier alpha value is -4.12. The molecule has 1 aliphatic rings. The highest BCUT2D eigenvalue weighted by molar-refractivity contribution is 7.09. The van der Waals surface area contributed by atoms with Gasteiger partial charge in [0, 0.05) is 17.8 Å². The number of benzene rings is 2. The number of aromatic nitrogens is 1. The molecule has 1 aromatic heterocycles. The highest BCUT2D eigenvalue weighted by Gasteiger charge is 2.37. The van der Waals surface area contributed by atoms with Gasteiger partial charge in [-0.15, -0.1) is 0 Å².